The highest BCUT2D eigenvalue weighted by Gasteiger charge is 2.19. The molecule has 22 heavy (non-hydrogen) atoms. The van der Waals surface area contributed by atoms with E-state index in [2.05, 4.69) is 5.32 Å². The first-order valence-corrected chi connectivity index (χ1v) is 7.25. The summed E-state index contributed by atoms with van der Waals surface area (Å²) in [6, 6.07) is 3.14. The van der Waals surface area contributed by atoms with E-state index in [1.165, 1.54) is 6.07 Å². The number of carbonyl (C=O) groups is 1. The number of hydrogen-bond donors (Lipinski definition) is 2. The Bertz CT molecular complexity index is 548. The second kappa shape index (κ2) is 7.89. The van der Waals surface area contributed by atoms with E-state index in [1.807, 2.05) is 12.2 Å². The van der Waals surface area contributed by atoms with Gasteiger partial charge in [0.15, 0.2) is 11.6 Å². The van der Waals surface area contributed by atoms with Crippen molar-refractivity contribution in [3.63, 3.8) is 0 Å². The van der Waals surface area contributed by atoms with Gasteiger partial charge in [0, 0.05) is 18.5 Å². The zero-order valence-electron chi connectivity index (χ0n) is 12.1. The molecule has 0 aliphatic heterocycles. The number of benzene rings is 1. The highest BCUT2D eigenvalue weighted by Crippen LogP contribution is 2.18. The van der Waals surface area contributed by atoms with Crippen molar-refractivity contribution in [3.05, 3.63) is 42.0 Å². The molecule has 120 valence electrons. The number of carbonyl (C=O) groups excluding carboxylic acids is 1. The van der Waals surface area contributed by atoms with Crippen molar-refractivity contribution in [2.45, 2.75) is 25.4 Å². The van der Waals surface area contributed by atoms with Crippen LogP contribution in [0.15, 0.2) is 30.4 Å². The summed E-state index contributed by atoms with van der Waals surface area (Å²) < 4.78 is 30.9. The minimum absolute atomic E-state index is 0.0516. The van der Waals surface area contributed by atoms with Gasteiger partial charge in [0.2, 0.25) is 5.91 Å². The van der Waals surface area contributed by atoms with Gasteiger partial charge in [-0.25, -0.2) is 8.78 Å². The lowest BCUT2D eigenvalue weighted by atomic mass is 9.94. The molecule has 4 nitrogen and oxygen atoms in total. The first-order valence-electron chi connectivity index (χ1n) is 7.25. The van der Waals surface area contributed by atoms with Crippen LogP contribution in [0.2, 0.25) is 0 Å². The summed E-state index contributed by atoms with van der Waals surface area (Å²) >= 11 is 0. The Morgan fingerprint density at radius 3 is 2.86 bits per heavy atom. The first-order chi connectivity index (χ1) is 10.6. The number of aliphatic hydroxyl groups is 1. The van der Waals surface area contributed by atoms with Crippen molar-refractivity contribution >= 4 is 5.91 Å². The van der Waals surface area contributed by atoms with Crippen molar-refractivity contribution in [1.82, 2.24) is 5.32 Å². The Labute approximate surface area is 127 Å². The van der Waals surface area contributed by atoms with Crippen LogP contribution in [0.1, 0.15) is 19.3 Å². The van der Waals surface area contributed by atoms with Crippen LogP contribution in [0.5, 0.6) is 5.75 Å². The number of amides is 1. The van der Waals surface area contributed by atoms with Crippen molar-refractivity contribution in [2.75, 3.05) is 13.2 Å². The largest absolute Gasteiger partial charge is 0.491 e. The van der Waals surface area contributed by atoms with Gasteiger partial charge in [-0.3, -0.25) is 4.79 Å². The standard InChI is InChI=1S/C16H19F2NO3/c17-14-7-6-13(8-15(14)18)22-10-12(20)9-19-16(21)11-4-2-1-3-5-11/h1-2,6-8,11-12,20H,3-5,9-10H2,(H,19,21)/t11-,12+/m0/s1. The lowest BCUT2D eigenvalue weighted by Gasteiger charge is -2.19. The number of aliphatic hydroxyl groups excluding tert-OH is 1. The molecule has 0 fully saturated rings. The van der Waals surface area contributed by atoms with E-state index in [1.54, 1.807) is 0 Å². The SMILES string of the molecule is O=C(NC[C@@H](O)COc1ccc(F)c(F)c1)[C@H]1CC=CCC1. The number of nitrogens with one attached hydrogen (secondary N) is 1. The highest BCUT2D eigenvalue weighted by molar-refractivity contribution is 5.78. The Morgan fingerprint density at radius 1 is 1.36 bits per heavy atom. The summed E-state index contributed by atoms with van der Waals surface area (Å²) in [7, 11) is 0. The minimum Gasteiger partial charge on any atom is -0.491 e. The smallest absolute Gasteiger partial charge is 0.223 e. The van der Waals surface area contributed by atoms with Crippen LogP contribution in [0.25, 0.3) is 0 Å². The Kier molecular flexibility index (Phi) is 5.89. The molecule has 1 aromatic rings. The van der Waals surface area contributed by atoms with Crippen molar-refractivity contribution in [3.8, 4) is 5.75 Å². The molecular formula is C16H19F2NO3. The van der Waals surface area contributed by atoms with Gasteiger partial charge in [-0.05, 0) is 31.4 Å². The second-order valence-electron chi connectivity index (χ2n) is 5.27. The molecule has 0 unspecified atom stereocenters. The van der Waals surface area contributed by atoms with Crippen LogP contribution in [0, 0.1) is 17.6 Å². The number of ether oxygens (including phenoxy) is 1. The quantitative estimate of drug-likeness (QED) is 0.792. The molecule has 2 N–H and O–H groups in total. The van der Waals surface area contributed by atoms with Crippen molar-refractivity contribution < 1.29 is 23.4 Å². The van der Waals surface area contributed by atoms with Gasteiger partial charge >= 0.3 is 0 Å². The van der Waals surface area contributed by atoms with Crippen molar-refractivity contribution in [2.24, 2.45) is 5.92 Å². The molecule has 6 heteroatoms. The van der Waals surface area contributed by atoms with Crippen LogP contribution in [0.4, 0.5) is 8.78 Å². The molecule has 1 aromatic carbocycles. The molecule has 1 aliphatic carbocycles. The van der Waals surface area contributed by atoms with Crippen LogP contribution < -0.4 is 10.1 Å². The molecule has 0 bridgehead atoms. The maximum Gasteiger partial charge on any atom is 0.223 e. The zero-order chi connectivity index (χ0) is 15.9. The molecule has 0 saturated carbocycles. The van der Waals surface area contributed by atoms with Gasteiger partial charge in [-0.2, -0.15) is 0 Å². The van der Waals surface area contributed by atoms with E-state index in [-0.39, 0.29) is 30.7 Å². The van der Waals surface area contributed by atoms with E-state index in [9.17, 15) is 18.7 Å². The van der Waals surface area contributed by atoms with Crippen LogP contribution in [-0.2, 0) is 4.79 Å². The molecule has 0 radical (unpaired) electrons. The fourth-order valence-corrected chi connectivity index (χ4v) is 2.21. The van der Waals surface area contributed by atoms with Gasteiger partial charge in [-0.1, -0.05) is 12.2 Å². The highest BCUT2D eigenvalue weighted by atomic mass is 19.2. The summed E-state index contributed by atoms with van der Waals surface area (Å²) in [5, 5.41) is 12.4. The molecule has 2 rings (SSSR count). The third-order valence-corrected chi connectivity index (χ3v) is 3.49. The third-order valence-electron chi connectivity index (χ3n) is 3.49. The van der Waals surface area contributed by atoms with Crippen molar-refractivity contribution in [1.29, 1.82) is 0 Å². The maximum absolute atomic E-state index is 13.0. The Morgan fingerprint density at radius 2 is 2.18 bits per heavy atom. The molecule has 1 aliphatic rings. The molecule has 0 spiro atoms. The normalized spacial score (nSPS) is 18.8. The number of hydrogen-bond acceptors (Lipinski definition) is 3. The fourth-order valence-electron chi connectivity index (χ4n) is 2.21. The van der Waals surface area contributed by atoms with E-state index in [0.717, 1.165) is 25.0 Å². The molecule has 0 aromatic heterocycles. The van der Waals surface area contributed by atoms with E-state index in [0.29, 0.717) is 6.42 Å². The average molecular weight is 311 g/mol. The number of halogens is 2. The Hall–Kier alpha value is -1.95. The van der Waals surface area contributed by atoms with Gasteiger partial charge in [-0.15, -0.1) is 0 Å². The summed E-state index contributed by atoms with van der Waals surface area (Å²) in [4.78, 5) is 11.9. The summed E-state index contributed by atoms with van der Waals surface area (Å²) in [6.07, 6.45) is 5.53. The van der Waals surface area contributed by atoms with Gasteiger partial charge in [0.05, 0.1) is 0 Å². The average Bonchev–Trinajstić information content (AvgIpc) is 2.54. The number of allylic oxidation sites excluding steroid dienone is 2. The molecule has 2 atom stereocenters. The molecule has 0 heterocycles. The summed E-state index contributed by atoms with van der Waals surface area (Å²) in [5.41, 5.74) is 0. The lowest BCUT2D eigenvalue weighted by molar-refractivity contribution is -0.125. The monoisotopic (exact) mass is 311 g/mol. The number of rotatable bonds is 6. The topological polar surface area (TPSA) is 58.6 Å². The van der Waals surface area contributed by atoms with E-state index >= 15 is 0 Å². The maximum atomic E-state index is 13.0. The Balaban J connectivity index is 1.71. The van der Waals surface area contributed by atoms with Crippen LogP contribution in [-0.4, -0.2) is 30.3 Å². The van der Waals surface area contributed by atoms with E-state index in [4.69, 9.17) is 4.74 Å². The first kappa shape index (κ1) is 16.4. The summed E-state index contributed by atoms with van der Waals surface area (Å²) in [6.45, 7) is -0.0569. The molecule has 0 saturated heterocycles. The minimum atomic E-state index is -1.01. The summed E-state index contributed by atoms with van der Waals surface area (Å²) in [5.74, 6) is -1.98. The second-order valence-corrected chi connectivity index (χ2v) is 5.27. The van der Waals surface area contributed by atoms with Gasteiger partial charge < -0.3 is 15.2 Å². The van der Waals surface area contributed by atoms with Gasteiger partial charge in [0.25, 0.3) is 0 Å². The zero-order valence-corrected chi connectivity index (χ0v) is 12.1. The lowest BCUT2D eigenvalue weighted by Crippen LogP contribution is -2.38. The fraction of sp³-hybridized carbons (Fsp3) is 0.438. The van der Waals surface area contributed by atoms with Crippen LogP contribution in [0.3, 0.4) is 0 Å². The van der Waals surface area contributed by atoms with Gasteiger partial charge in [0.1, 0.15) is 18.5 Å². The predicted molar refractivity (Wildman–Crippen MR) is 77.4 cm³/mol. The van der Waals surface area contributed by atoms with Crippen LogP contribution >= 0.6 is 0 Å². The molecule has 1 amide bonds. The third kappa shape index (κ3) is 4.80. The van der Waals surface area contributed by atoms with E-state index < -0.39 is 17.7 Å². The predicted octanol–water partition coefficient (Wildman–Crippen LogP) is 2.18. The molecular weight excluding hydrogens is 292 g/mol.